The van der Waals surface area contributed by atoms with Gasteiger partial charge < -0.3 is 20.1 Å². The molecule has 0 unspecified atom stereocenters. The molecule has 27 heavy (non-hydrogen) atoms. The zero-order valence-corrected chi connectivity index (χ0v) is 14.8. The van der Waals surface area contributed by atoms with Crippen molar-refractivity contribution in [1.29, 1.82) is 10.8 Å². The van der Waals surface area contributed by atoms with Crippen molar-refractivity contribution in [3.05, 3.63) is 48.5 Å². The maximum Gasteiger partial charge on any atom is 0.496 e. The zero-order chi connectivity index (χ0) is 19.2. The third kappa shape index (κ3) is 2.58. The van der Waals surface area contributed by atoms with Gasteiger partial charge in [-0.3, -0.25) is 0 Å². The van der Waals surface area contributed by atoms with Crippen molar-refractivity contribution in [2.45, 2.75) is 25.0 Å². The third-order valence-corrected chi connectivity index (χ3v) is 4.90. The molecule has 3 heterocycles. The van der Waals surface area contributed by atoms with Crippen LogP contribution >= 0.6 is 0 Å². The van der Waals surface area contributed by atoms with Gasteiger partial charge in [0.2, 0.25) is 0 Å². The molecule has 4 rings (SSSR count). The van der Waals surface area contributed by atoms with Gasteiger partial charge in [0, 0.05) is 24.0 Å². The second kappa shape index (κ2) is 6.07. The first-order chi connectivity index (χ1) is 12.9. The van der Waals surface area contributed by atoms with E-state index in [4.69, 9.17) is 20.1 Å². The molecule has 7 nitrogen and oxygen atoms in total. The molecule has 1 aliphatic rings. The van der Waals surface area contributed by atoms with E-state index >= 15 is 0 Å². The number of nitrogens with one attached hydrogen (secondary N) is 2. The average Bonchev–Trinajstić information content (AvgIpc) is 3.20. The van der Waals surface area contributed by atoms with E-state index < -0.39 is 18.3 Å². The maximum absolute atomic E-state index is 13.2. The van der Waals surface area contributed by atoms with E-state index in [-0.39, 0.29) is 5.82 Å². The Morgan fingerprint density at radius 2 is 1.81 bits per heavy atom. The third-order valence-electron chi connectivity index (χ3n) is 4.90. The number of rotatable bonds is 4. The largest absolute Gasteiger partial charge is 0.496 e. The van der Waals surface area contributed by atoms with Gasteiger partial charge >= 0.3 is 7.12 Å². The van der Waals surface area contributed by atoms with Crippen molar-refractivity contribution in [3.63, 3.8) is 0 Å². The smallest absolute Gasteiger partial charge is 0.398 e. The van der Waals surface area contributed by atoms with E-state index in [0.29, 0.717) is 22.2 Å². The minimum absolute atomic E-state index is 0.325. The van der Waals surface area contributed by atoms with Crippen LogP contribution in [0.25, 0.3) is 16.7 Å². The fourth-order valence-corrected chi connectivity index (χ4v) is 3.21. The first-order valence-electron chi connectivity index (χ1n) is 8.38. The highest BCUT2D eigenvalue weighted by Gasteiger charge is 2.56. The Morgan fingerprint density at radius 3 is 2.44 bits per heavy atom. The second-order valence-electron chi connectivity index (χ2n) is 6.83. The summed E-state index contributed by atoms with van der Waals surface area (Å²) < 4.78 is 26.8. The van der Waals surface area contributed by atoms with Crippen molar-refractivity contribution in [3.8, 4) is 5.69 Å². The summed E-state index contributed by atoms with van der Waals surface area (Å²) in [6, 6.07) is 7.74. The molecule has 3 aromatic rings. The predicted molar refractivity (Wildman–Crippen MR) is 101 cm³/mol. The summed E-state index contributed by atoms with van der Waals surface area (Å²) in [5, 5.41) is 20.5. The molecule has 1 aromatic carbocycles. The van der Waals surface area contributed by atoms with Crippen LogP contribution in [0, 0.1) is 16.6 Å². The van der Waals surface area contributed by atoms with Crippen LogP contribution in [-0.2, 0) is 9.31 Å². The standard InChI is InChI=1S/C18H17BFN5O2/c1-17(2)18(10-21,11-22)27-19(26-17)15-7-8-23-16-14(15)9-24-25(16)13-5-3-12(20)4-6-13/h3-11,21-22H,1-2H3. The van der Waals surface area contributed by atoms with Crippen LogP contribution in [0.5, 0.6) is 0 Å². The van der Waals surface area contributed by atoms with Crippen LogP contribution in [0.4, 0.5) is 4.39 Å². The van der Waals surface area contributed by atoms with Gasteiger partial charge in [0.05, 0.1) is 17.5 Å². The molecule has 0 atom stereocenters. The van der Waals surface area contributed by atoms with Crippen molar-refractivity contribution in [2.24, 2.45) is 0 Å². The van der Waals surface area contributed by atoms with Crippen LogP contribution in [0.15, 0.2) is 42.7 Å². The van der Waals surface area contributed by atoms with Crippen LogP contribution < -0.4 is 5.46 Å². The SMILES string of the molecule is CC1(C)OB(c2ccnc3c2cnn3-c2ccc(F)cc2)OC1(C=N)C=N. The van der Waals surface area contributed by atoms with Gasteiger partial charge in [-0.1, -0.05) is 0 Å². The summed E-state index contributed by atoms with van der Waals surface area (Å²) in [5.41, 5.74) is -0.180. The van der Waals surface area contributed by atoms with Gasteiger partial charge in [-0.15, -0.1) is 0 Å². The highest BCUT2D eigenvalue weighted by atomic mass is 19.1. The number of aromatic nitrogens is 3. The summed E-state index contributed by atoms with van der Waals surface area (Å²) in [4.78, 5) is 4.39. The molecule has 0 aliphatic carbocycles. The van der Waals surface area contributed by atoms with Crippen molar-refractivity contribution >= 4 is 36.0 Å². The molecule has 9 heteroatoms. The Balaban J connectivity index is 1.80. The summed E-state index contributed by atoms with van der Waals surface area (Å²) >= 11 is 0. The molecule has 2 N–H and O–H groups in total. The van der Waals surface area contributed by atoms with E-state index in [1.807, 2.05) is 0 Å². The van der Waals surface area contributed by atoms with E-state index in [9.17, 15) is 4.39 Å². The lowest BCUT2D eigenvalue weighted by molar-refractivity contribution is 0.0813. The Hall–Kier alpha value is -2.91. The second-order valence-corrected chi connectivity index (χ2v) is 6.83. The van der Waals surface area contributed by atoms with Crippen molar-refractivity contribution in [1.82, 2.24) is 14.8 Å². The average molecular weight is 365 g/mol. The number of fused-ring (bicyclic) bond motifs is 1. The Labute approximate surface area is 155 Å². The van der Waals surface area contributed by atoms with E-state index in [0.717, 1.165) is 12.4 Å². The van der Waals surface area contributed by atoms with Gasteiger partial charge in [0.15, 0.2) is 11.2 Å². The molecule has 0 bridgehead atoms. The van der Waals surface area contributed by atoms with Crippen LogP contribution in [-0.4, -0.2) is 45.5 Å². The highest BCUT2D eigenvalue weighted by molar-refractivity contribution is 6.65. The van der Waals surface area contributed by atoms with Crippen molar-refractivity contribution < 1.29 is 13.7 Å². The first kappa shape index (κ1) is 17.5. The maximum atomic E-state index is 13.2. The number of hydrogen-bond acceptors (Lipinski definition) is 6. The summed E-state index contributed by atoms with van der Waals surface area (Å²) in [5.74, 6) is -0.325. The summed E-state index contributed by atoms with van der Waals surface area (Å²) in [7, 11) is -0.778. The summed E-state index contributed by atoms with van der Waals surface area (Å²) in [6.07, 6.45) is 5.43. The normalized spacial score (nSPS) is 21.5. The molecule has 0 amide bonds. The predicted octanol–water partition coefficient (Wildman–Crippen LogP) is 2.12. The first-order valence-corrected chi connectivity index (χ1v) is 8.38. The monoisotopic (exact) mass is 365 g/mol. The van der Waals surface area contributed by atoms with Crippen LogP contribution in [0.2, 0.25) is 0 Å². The minimum Gasteiger partial charge on any atom is -0.398 e. The fourth-order valence-electron chi connectivity index (χ4n) is 3.21. The molecular weight excluding hydrogens is 348 g/mol. The molecule has 1 fully saturated rings. The molecule has 0 radical (unpaired) electrons. The molecule has 1 aliphatic heterocycles. The van der Waals surface area contributed by atoms with Crippen LogP contribution in [0.3, 0.4) is 0 Å². The number of nitrogens with zero attached hydrogens (tertiary/aromatic N) is 3. The number of halogens is 1. The lowest BCUT2D eigenvalue weighted by atomic mass is 9.78. The fraction of sp³-hybridized carbons (Fsp3) is 0.222. The lowest BCUT2D eigenvalue weighted by Crippen LogP contribution is -2.50. The zero-order valence-electron chi connectivity index (χ0n) is 14.8. The van der Waals surface area contributed by atoms with Gasteiger partial charge in [0.25, 0.3) is 0 Å². The molecular formula is C18H17BFN5O2. The van der Waals surface area contributed by atoms with Gasteiger partial charge in [-0.05, 0) is 49.6 Å². The van der Waals surface area contributed by atoms with Gasteiger partial charge in [-0.2, -0.15) is 5.10 Å². The van der Waals surface area contributed by atoms with Gasteiger partial charge in [0.1, 0.15) is 5.82 Å². The Morgan fingerprint density at radius 1 is 1.11 bits per heavy atom. The van der Waals surface area contributed by atoms with E-state index in [2.05, 4.69) is 10.1 Å². The Bertz CT molecular complexity index is 1030. The molecule has 2 aromatic heterocycles. The van der Waals surface area contributed by atoms with E-state index in [1.54, 1.807) is 49.1 Å². The van der Waals surface area contributed by atoms with Crippen LogP contribution in [0.1, 0.15) is 13.8 Å². The van der Waals surface area contributed by atoms with Gasteiger partial charge in [-0.25, -0.2) is 14.1 Å². The minimum atomic E-state index is -1.25. The molecule has 0 spiro atoms. The Kier molecular flexibility index (Phi) is 3.94. The number of hydrogen-bond donors (Lipinski definition) is 2. The summed E-state index contributed by atoms with van der Waals surface area (Å²) in [6.45, 7) is 3.56. The lowest BCUT2D eigenvalue weighted by Gasteiger charge is -2.31. The quantitative estimate of drug-likeness (QED) is 0.547. The molecule has 0 saturated carbocycles. The topological polar surface area (TPSA) is 96.9 Å². The van der Waals surface area contributed by atoms with Crippen molar-refractivity contribution in [2.75, 3.05) is 0 Å². The number of benzene rings is 1. The van der Waals surface area contributed by atoms with E-state index in [1.165, 1.54) is 12.1 Å². The number of pyridine rings is 1. The highest BCUT2D eigenvalue weighted by Crippen LogP contribution is 2.35. The molecule has 1 saturated heterocycles. The molecule has 136 valence electrons.